The summed E-state index contributed by atoms with van der Waals surface area (Å²) in [4.78, 5) is 12.0. The fourth-order valence-corrected chi connectivity index (χ4v) is 2.83. The molecule has 19 heavy (non-hydrogen) atoms. The molecule has 94 valence electrons. The van der Waals surface area contributed by atoms with Gasteiger partial charge in [-0.15, -0.1) is 10.2 Å². The molecule has 4 nitrogen and oxygen atoms in total. The van der Waals surface area contributed by atoms with Gasteiger partial charge in [-0.1, -0.05) is 41.7 Å². The van der Waals surface area contributed by atoms with E-state index in [1.807, 2.05) is 30.3 Å². The lowest BCUT2D eigenvalue weighted by molar-refractivity contribution is 0.106. The van der Waals surface area contributed by atoms with Gasteiger partial charge in [-0.2, -0.15) is 0 Å². The van der Waals surface area contributed by atoms with Crippen molar-refractivity contribution in [2.24, 2.45) is 0 Å². The number of hydrogen-bond acceptors (Lipinski definition) is 6. The molecule has 0 aliphatic heterocycles. The molecule has 0 unspecified atom stereocenters. The van der Waals surface area contributed by atoms with Gasteiger partial charge in [-0.25, -0.2) is 0 Å². The third-order valence-electron chi connectivity index (χ3n) is 2.39. The zero-order chi connectivity index (χ0) is 13.1. The van der Waals surface area contributed by atoms with Gasteiger partial charge in [0.2, 0.25) is 0 Å². The molecule has 0 spiro atoms. The second-order valence-electron chi connectivity index (χ2n) is 3.62. The molecule has 0 saturated heterocycles. The van der Waals surface area contributed by atoms with Crippen molar-refractivity contribution in [3.05, 3.63) is 53.7 Å². The Bertz CT molecular complexity index is 678. The maximum absolute atomic E-state index is 12.0. The molecule has 1 aromatic carbocycles. The highest BCUT2D eigenvalue weighted by atomic mass is 32.2. The predicted octanol–water partition coefficient (Wildman–Crippen LogP) is 3.73. The Morgan fingerprint density at radius 3 is 2.74 bits per heavy atom. The van der Waals surface area contributed by atoms with Crippen LogP contribution in [0.2, 0.25) is 0 Å². The van der Waals surface area contributed by atoms with Gasteiger partial charge < -0.3 is 4.42 Å². The molecule has 0 atom stereocenters. The van der Waals surface area contributed by atoms with E-state index in [0.29, 0.717) is 15.9 Å². The molecular weight excluding hydrogens is 280 g/mol. The van der Waals surface area contributed by atoms with E-state index in [1.54, 1.807) is 17.6 Å². The van der Waals surface area contributed by atoms with Gasteiger partial charge in [0.15, 0.2) is 10.1 Å². The number of carbonyl (C=O) groups excluding carboxylic acids is 1. The van der Waals surface area contributed by atoms with Crippen molar-refractivity contribution in [2.75, 3.05) is 0 Å². The third kappa shape index (κ3) is 2.74. The number of nitrogens with zero attached hydrogens (tertiary/aromatic N) is 2. The molecule has 0 aliphatic rings. The van der Waals surface area contributed by atoms with Gasteiger partial charge >= 0.3 is 0 Å². The maximum Gasteiger partial charge on any atom is 0.261 e. The van der Waals surface area contributed by atoms with Crippen LogP contribution in [0.3, 0.4) is 0 Å². The van der Waals surface area contributed by atoms with Crippen molar-refractivity contribution in [2.45, 2.75) is 4.34 Å². The van der Waals surface area contributed by atoms with E-state index in [4.69, 9.17) is 4.42 Å². The molecule has 6 heteroatoms. The molecule has 0 saturated carbocycles. The first-order valence-electron chi connectivity index (χ1n) is 5.46. The molecule has 2 aromatic heterocycles. The van der Waals surface area contributed by atoms with Gasteiger partial charge in [0, 0.05) is 5.56 Å². The van der Waals surface area contributed by atoms with Crippen molar-refractivity contribution in [3.8, 4) is 11.3 Å². The van der Waals surface area contributed by atoms with Crippen LogP contribution in [0, 0.1) is 0 Å². The van der Waals surface area contributed by atoms with E-state index in [-0.39, 0.29) is 5.12 Å². The SMILES string of the molecule is O=C(Sc1nncs1)c1ccc(-c2ccccc2)o1. The minimum Gasteiger partial charge on any atom is -0.452 e. The molecule has 0 fully saturated rings. The van der Waals surface area contributed by atoms with E-state index < -0.39 is 0 Å². The van der Waals surface area contributed by atoms with E-state index >= 15 is 0 Å². The average Bonchev–Trinajstić information content (AvgIpc) is 3.10. The Morgan fingerprint density at radius 1 is 1.16 bits per heavy atom. The molecule has 2 heterocycles. The average molecular weight is 288 g/mol. The number of benzene rings is 1. The van der Waals surface area contributed by atoms with E-state index in [9.17, 15) is 4.79 Å². The Labute approximate surface area is 117 Å². The summed E-state index contributed by atoms with van der Waals surface area (Å²) in [5.41, 5.74) is 2.54. The summed E-state index contributed by atoms with van der Waals surface area (Å²) in [7, 11) is 0. The van der Waals surface area contributed by atoms with Crippen molar-refractivity contribution < 1.29 is 9.21 Å². The number of furan rings is 1. The van der Waals surface area contributed by atoms with Gasteiger partial charge in [0.25, 0.3) is 5.12 Å². The van der Waals surface area contributed by atoms with Gasteiger partial charge in [0.05, 0.1) is 0 Å². The molecular formula is C13H8N2O2S2. The maximum atomic E-state index is 12.0. The molecule has 0 amide bonds. The molecule has 0 aliphatic carbocycles. The summed E-state index contributed by atoms with van der Waals surface area (Å²) in [6, 6.07) is 13.1. The normalized spacial score (nSPS) is 10.5. The Hall–Kier alpha value is -1.92. The minimum absolute atomic E-state index is 0.168. The fraction of sp³-hybridized carbons (Fsp3) is 0. The quantitative estimate of drug-likeness (QED) is 0.687. The van der Waals surface area contributed by atoms with Crippen LogP contribution < -0.4 is 0 Å². The van der Waals surface area contributed by atoms with Crippen LogP contribution >= 0.6 is 23.1 Å². The zero-order valence-electron chi connectivity index (χ0n) is 9.65. The Balaban J connectivity index is 1.80. The van der Waals surface area contributed by atoms with E-state index in [1.165, 1.54) is 11.3 Å². The van der Waals surface area contributed by atoms with Crippen molar-refractivity contribution >= 4 is 28.2 Å². The van der Waals surface area contributed by atoms with Crippen LogP contribution in [0.1, 0.15) is 10.6 Å². The monoisotopic (exact) mass is 288 g/mol. The highest BCUT2D eigenvalue weighted by Crippen LogP contribution is 2.27. The lowest BCUT2D eigenvalue weighted by Gasteiger charge is -1.95. The molecule has 0 bridgehead atoms. The standard InChI is InChI=1S/C13H8N2O2S2/c16-12(19-13-15-14-8-18-13)11-7-6-10(17-11)9-4-2-1-3-5-9/h1-8H. The second-order valence-corrected chi connectivity index (χ2v) is 5.68. The Kier molecular flexibility index (Phi) is 3.43. The number of aromatic nitrogens is 2. The lowest BCUT2D eigenvalue weighted by Crippen LogP contribution is -1.89. The number of hydrogen-bond donors (Lipinski definition) is 0. The summed E-state index contributed by atoms with van der Waals surface area (Å²) in [6.07, 6.45) is 0. The van der Waals surface area contributed by atoms with Gasteiger partial charge in [-0.3, -0.25) is 4.79 Å². The van der Waals surface area contributed by atoms with Crippen LogP contribution in [-0.2, 0) is 0 Å². The Morgan fingerprint density at radius 2 is 2.00 bits per heavy atom. The molecule has 0 N–H and O–H groups in total. The van der Waals surface area contributed by atoms with Crippen molar-refractivity contribution in [1.29, 1.82) is 0 Å². The summed E-state index contributed by atoms with van der Waals surface area (Å²) in [5, 5.41) is 7.33. The van der Waals surface area contributed by atoms with Crippen molar-refractivity contribution in [3.63, 3.8) is 0 Å². The number of carbonyl (C=O) groups is 1. The fourth-order valence-electron chi connectivity index (χ4n) is 1.54. The first kappa shape index (κ1) is 12.1. The van der Waals surface area contributed by atoms with Crippen LogP contribution in [0.15, 0.2) is 56.7 Å². The third-order valence-corrected chi connectivity index (χ3v) is 4.05. The molecule has 3 aromatic rings. The van der Waals surface area contributed by atoms with Crippen LogP contribution in [-0.4, -0.2) is 15.3 Å². The number of rotatable bonds is 3. The van der Waals surface area contributed by atoms with Crippen LogP contribution in [0.25, 0.3) is 11.3 Å². The minimum atomic E-state index is -0.168. The van der Waals surface area contributed by atoms with E-state index in [2.05, 4.69) is 10.2 Å². The van der Waals surface area contributed by atoms with Gasteiger partial charge in [-0.05, 0) is 23.9 Å². The summed E-state index contributed by atoms with van der Waals surface area (Å²) >= 11 is 2.35. The molecule has 3 rings (SSSR count). The lowest BCUT2D eigenvalue weighted by atomic mass is 10.2. The zero-order valence-corrected chi connectivity index (χ0v) is 11.3. The smallest absolute Gasteiger partial charge is 0.261 e. The first-order chi connectivity index (χ1) is 9.33. The summed E-state index contributed by atoms with van der Waals surface area (Å²) in [5.74, 6) is 1.00. The summed E-state index contributed by atoms with van der Waals surface area (Å²) < 4.78 is 6.18. The van der Waals surface area contributed by atoms with Crippen LogP contribution in [0.4, 0.5) is 0 Å². The van der Waals surface area contributed by atoms with Gasteiger partial charge in [0.1, 0.15) is 11.3 Å². The number of thioether (sulfide) groups is 1. The van der Waals surface area contributed by atoms with Crippen molar-refractivity contribution in [1.82, 2.24) is 10.2 Å². The van der Waals surface area contributed by atoms with Crippen LogP contribution in [0.5, 0.6) is 0 Å². The first-order valence-corrected chi connectivity index (χ1v) is 7.16. The highest BCUT2D eigenvalue weighted by Gasteiger charge is 2.15. The topological polar surface area (TPSA) is 56.0 Å². The predicted molar refractivity (Wildman–Crippen MR) is 74.2 cm³/mol. The molecule has 0 radical (unpaired) electrons. The second kappa shape index (κ2) is 5.38. The largest absolute Gasteiger partial charge is 0.452 e. The summed E-state index contributed by atoms with van der Waals surface area (Å²) in [6.45, 7) is 0. The highest BCUT2D eigenvalue weighted by molar-refractivity contribution is 8.15. The van der Waals surface area contributed by atoms with E-state index in [0.717, 1.165) is 17.3 Å².